The van der Waals surface area contributed by atoms with Crippen molar-refractivity contribution in [2.75, 3.05) is 18.0 Å². The van der Waals surface area contributed by atoms with Crippen LogP contribution in [0.5, 0.6) is 17.5 Å². The van der Waals surface area contributed by atoms with Gasteiger partial charge in [-0.1, -0.05) is 43.1 Å². The molecule has 1 N–H and O–H groups in total. The van der Waals surface area contributed by atoms with Crippen molar-refractivity contribution in [2.45, 2.75) is 51.2 Å². The molecule has 40 heavy (non-hydrogen) atoms. The Morgan fingerprint density at radius 1 is 1.12 bits per heavy atom. The first-order valence-corrected chi connectivity index (χ1v) is 13.1. The highest BCUT2D eigenvalue weighted by Gasteiger charge is 2.47. The molecule has 2 aliphatic rings. The molecule has 0 bridgehead atoms. The molecule has 0 saturated carbocycles. The summed E-state index contributed by atoms with van der Waals surface area (Å²) in [7, 11) is 0. The quantitative estimate of drug-likeness (QED) is 0.376. The summed E-state index contributed by atoms with van der Waals surface area (Å²) < 4.78 is 49.8. The van der Waals surface area contributed by atoms with Crippen molar-refractivity contribution in [3.05, 3.63) is 64.8 Å². The second kappa shape index (κ2) is 11.0. The number of rotatable bonds is 8. The van der Waals surface area contributed by atoms with Crippen LogP contribution in [0.1, 0.15) is 42.2 Å². The van der Waals surface area contributed by atoms with Crippen molar-refractivity contribution in [1.82, 2.24) is 14.5 Å². The molecule has 1 saturated heterocycles. The maximum absolute atomic E-state index is 13.9. The Kier molecular flexibility index (Phi) is 7.65. The third-order valence-electron chi connectivity index (χ3n) is 6.70. The van der Waals surface area contributed by atoms with Crippen molar-refractivity contribution >= 4 is 29.2 Å². The molecule has 212 valence electrons. The van der Waals surface area contributed by atoms with Gasteiger partial charge < -0.3 is 19.5 Å². The number of aliphatic hydroxyl groups is 1. The number of aliphatic hydroxyl groups excluding tert-OH is 1. The summed E-state index contributed by atoms with van der Waals surface area (Å²) in [5.74, 6) is -1.32. The molecule has 1 fully saturated rings. The lowest BCUT2D eigenvalue weighted by Crippen LogP contribution is -2.46. The normalized spacial score (nSPS) is 18.9. The van der Waals surface area contributed by atoms with Crippen LogP contribution < -0.4 is 14.4 Å². The van der Waals surface area contributed by atoms with Crippen LogP contribution in [0.15, 0.2) is 48.5 Å². The lowest BCUT2D eigenvalue weighted by atomic mass is 10.1. The molecule has 3 heterocycles. The fourth-order valence-electron chi connectivity index (χ4n) is 4.89. The van der Waals surface area contributed by atoms with E-state index in [2.05, 4.69) is 9.72 Å². The Balaban J connectivity index is 1.62. The maximum atomic E-state index is 13.9. The third-order valence-corrected chi connectivity index (χ3v) is 6.95. The SMILES string of the molecule is CCCCN1C(=O)c2c(nc(Oc3cccc(OC(F)(F)F)c3)n2Cc2ccc(Cl)cc2)N2CC(O)CC2C1=O. The third kappa shape index (κ3) is 5.73. The number of amides is 2. The standard InChI is InChI=1S/C27H26ClF3N4O5/c1-2-3-11-33-24(37)21-12-18(36)15-34(21)23-22(25(33)38)35(14-16-7-9-17(28)10-8-16)26(32-23)39-19-5-4-6-20(13-19)40-27(29,30)31/h4-10,13,18,21,36H,2-3,11-12,14-15H2,1H3. The van der Waals surface area contributed by atoms with E-state index in [9.17, 15) is 27.9 Å². The predicted octanol–water partition coefficient (Wildman–Crippen LogP) is 5.00. The summed E-state index contributed by atoms with van der Waals surface area (Å²) >= 11 is 6.05. The van der Waals surface area contributed by atoms with E-state index in [1.54, 1.807) is 29.2 Å². The van der Waals surface area contributed by atoms with Crippen molar-refractivity contribution in [2.24, 2.45) is 0 Å². The van der Waals surface area contributed by atoms with Gasteiger partial charge in [-0.05, 0) is 36.2 Å². The number of aromatic nitrogens is 2. The van der Waals surface area contributed by atoms with Gasteiger partial charge in [-0.2, -0.15) is 4.98 Å². The van der Waals surface area contributed by atoms with Gasteiger partial charge in [-0.3, -0.25) is 19.1 Å². The predicted molar refractivity (Wildman–Crippen MR) is 139 cm³/mol. The molecule has 2 aromatic carbocycles. The number of imide groups is 1. The summed E-state index contributed by atoms with van der Waals surface area (Å²) in [6, 6.07) is 10.9. The Labute approximate surface area is 232 Å². The zero-order valence-corrected chi connectivity index (χ0v) is 22.2. The van der Waals surface area contributed by atoms with Gasteiger partial charge in [0.2, 0.25) is 0 Å². The summed E-state index contributed by atoms with van der Waals surface area (Å²) in [4.78, 5) is 34.7. The highest BCUT2D eigenvalue weighted by molar-refractivity contribution is 6.30. The van der Waals surface area contributed by atoms with Gasteiger partial charge in [0.05, 0.1) is 12.6 Å². The number of halogens is 4. The molecule has 2 unspecified atom stereocenters. The lowest BCUT2D eigenvalue weighted by Gasteiger charge is -2.24. The minimum Gasteiger partial charge on any atom is -0.425 e. The summed E-state index contributed by atoms with van der Waals surface area (Å²) in [6.45, 7) is 2.28. The number of carbonyl (C=O) groups excluding carboxylic acids is 2. The van der Waals surface area contributed by atoms with E-state index < -0.39 is 36.1 Å². The monoisotopic (exact) mass is 578 g/mol. The Morgan fingerprint density at radius 3 is 2.55 bits per heavy atom. The van der Waals surface area contributed by atoms with Crippen LogP contribution in [0.2, 0.25) is 5.02 Å². The number of imidazole rings is 1. The van der Waals surface area contributed by atoms with E-state index in [1.165, 1.54) is 21.6 Å². The number of hydrogen-bond donors (Lipinski definition) is 1. The average Bonchev–Trinajstić information content (AvgIpc) is 3.42. The van der Waals surface area contributed by atoms with Crippen LogP contribution in [0.25, 0.3) is 0 Å². The first-order chi connectivity index (χ1) is 19.0. The maximum Gasteiger partial charge on any atom is 0.573 e. The number of anilines is 1. The van der Waals surface area contributed by atoms with Crippen LogP contribution in [0.3, 0.4) is 0 Å². The number of hydrogen-bond acceptors (Lipinski definition) is 7. The van der Waals surface area contributed by atoms with Crippen molar-refractivity contribution in [3.8, 4) is 17.5 Å². The number of nitrogens with zero attached hydrogens (tertiary/aromatic N) is 4. The van der Waals surface area contributed by atoms with Gasteiger partial charge in [-0.25, -0.2) is 0 Å². The van der Waals surface area contributed by atoms with Gasteiger partial charge in [0.1, 0.15) is 17.5 Å². The summed E-state index contributed by atoms with van der Waals surface area (Å²) in [5.41, 5.74) is 0.804. The number of fused-ring (bicyclic) bond motifs is 3. The molecule has 5 rings (SSSR count). The minimum atomic E-state index is -4.89. The van der Waals surface area contributed by atoms with E-state index in [1.807, 2.05) is 6.92 Å². The molecule has 1 aromatic heterocycles. The van der Waals surface area contributed by atoms with Gasteiger partial charge in [0.25, 0.3) is 11.8 Å². The molecular formula is C27H26ClF3N4O5. The fraction of sp³-hybridized carbons (Fsp3) is 0.370. The van der Waals surface area contributed by atoms with Crippen molar-refractivity contribution in [3.63, 3.8) is 0 Å². The highest BCUT2D eigenvalue weighted by atomic mass is 35.5. The molecule has 0 spiro atoms. The molecular weight excluding hydrogens is 553 g/mol. The molecule has 13 heteroatoms. The van der Waals surface area contributed by atoms with E-state index >= 15 is 0 Å². The highest BCUT2D eigenvalue weighted by Crippen LogP contribution is 2.38. The van der Waals surface area contributed by atoms with Crippen molar-refractivity contribution < 1.29 is 37.3 Å². The van der Waals surface area contributed by atoms with Crippen LogP contribution >= 0.6 is 11.6 Å². The lowest BCUT2D eigenvalue weighted by molar-refractivity contribution is -0.274. The Morgan fingerprint density at radius 2 is 1.85 bits per heavy atom. The van der Waals surface area contributed by atoms with Gasteiger partial charge in [-0.15, -0.1) is 13.2 Å². The second-order valence-electron chi connectivity index (χ2n) is 9.61. The van der Waals surface area contributed by atoms with E-state index in [0.717, 1.165) is 24.1 Å². The van der Waals surface area contributed by atoms with Crippen LogP contribution in [0, 0.1) is 0 Å². The smallest absolute Gasteiger partial charge is 0.425 e. The first-order valence-electron chi connectivity index (χ1n) is 12.7. The van der Waals surface area contributed by atoms with Gasteiger partial charge in [0, 0.05) is 30.6 Å². The van der Waals surface area contributed by atoms with Crippen LogP contribution in [-0.4, -0.2) is 63.0 Å². The summed E-state index contributed by atoms with van der Waals surface area (Å²) in [6.07, 6.45) is -4.25. The number of carbonyl (C=O) groups is 2. The zero-order valence-electron chi connectivity index (χ0n) is 21.4. The Hall–Kier alpha value is -3.77. The van der Waals surface area contributed by atoms with E-state index in [0.29, 0.717) is 11.4 Å². The molecule has 0 aliphatic carbocycles. The van der Waals surface area contributed by atoms with E-state index in [-0.39, 0.29) is 49.3 Å². The van der Waals surface area contributed by atoms with Gasteiger partial charge in [0.15, 0.2) is 11.5 Å². The molecule has 3 aromatic rings. The zero-order chi connectivity index (χ0) is 28.6. The number of alkyl halides is 3. The number of benzene rings is 2. The molecule has 9 nitrogen and oxygen atoms in total. The van der Waals surface area contributed by atoms with Gasteiger partial charge >= 0.3 is 12.4 Å². The second-order valence-corrected chi connectivity index (χ2v) is 10.0. The minimum absolute atomic E-state index is 0.0105. The number of ether oxygens (including phenoxy) is 2. The largest absolute Gasteiger partial charge is 0.573 e. The van der Waals surface area contributed by atoms with Crippen LogP contribution in [-0.2, 0) is 11.3 Å². The Bertz CT molecular complexity index is 1410. The van der Waals surface area contributed by atoms with E-state index in [4.69, 9.17) is 16.3 Å². The first kappa shape index (κ1) is 27.8. The average molecular weight is 579 g/mol. The van der Waals surface area contributed by atoms with Crippen molar-refractivity contribution in [1.29, 1.82) is 0 Å². The van der Waals surface area contributed by atoms with Crippen LogP contribution in [0.4, 0.5) is 19.0 Å². The molecule has 2 atom stereocenters. The molecule has 2 aliphatic heterocycles. The topological polar surface area (TPSA) is 97.1 Å². The molecule has 0 radical (unpaired) electrons. The fourth-order valence-corrected chi connectivity index (χ4v) is 5.01. The number of unbranched alkanes of at least 4 members (excludes halogenated alkanes) is 1. The molecule has 2 amide bonds. The summed E-state index contributed by atoms with van der Waals surface area (Å²) in [5, 5.41) is 10.9.